The summed E-state index contributed by atoms with van der Waals surface area (Å²) in [7, 11) is 0. The van der Waals surface area contributed by atoms with Gasteiger partial charge in [0.2, 0.25) is 5.82 Å². The smallest absolute Gasteiger partial charge is 0.292 e. The largest absolute Gasteiger partial charge is 0.333 e. The molecule has 5 aromatic rings. The van der Waals surface area contributed by atoms with E-state index in [0.29, 0.717) is 24.5 Å². The zero-order chi connectivity index (χ0) is 26.9. The number of aromatic nitrogens is 7. The van der Waals surface area contributed by atoms with E-state index in [1.165, 1.54) is 10.6 Å². The van der Waals surface area contributed by atoms with Gasteiger partial charge in [-0.15, -0.1) is 10.2 Å². The average molecular weight is 512 g/mol. The van der Waals surface area contributed by atoms with Crippen LogP contribution in [0.2, 0.25) is 0 Å². The van der Waals surface area contributed by atoms with Gasteiger partial charge in [0, 0.05) is 29.8 Å². The zero-order valence-electron chi connectivity index (χ0n) is 21.9. The molecular formula is C29H30FN7O. The summed E-state index contributed by atoms with van der Waals surface area (Å²) in [6, 6.07) is 14.9. The fourth-order valence-electron chi connectivity index (χ4n) is 4.75. The molecule has 0 fully saturated rings. The van der Waals surface area contributed by atoms with Crippen molar-refractivity contribution >= 4 is 0 Å². The minimum Gasteiger partial charge on any atom is -0.292 e. The fourth-order valence-corrected chi connectivity index (χ4v) is 4.75. The first-order valence-electron chi connectivity index (χ1n) is 12.7. The van der Waals surface area contributed by atoms with Crippen molar-refractivity contribution in [2.24, 2.45) is 0 Å². The Morgan fingerprint density at radius 2 is 1.82 bits per heavy atom. The molecule has 0 radical (unpaired) electrons. The van der Waals surface area contributed by atoms with Crippen molar-refractivity contribution in [1.82, 2.24) is 34.7 Å². The summed E-state index contributed by atoms with van der Waals surface area (Å²) in [6.07, 6.45) is 6.81. The van der Waals surface area contributed by atoms with Gasteiger partial charge in [0.25, 0.3) is 0 Å². The van der Waals surface area contributed by atoms with E-state index in [-0.39, 0.29) is 11.1 Å². The molecule has 0 atom stereocenters. The number of benzene rings is 2. The Balaban J connectivity index is 1.52. The van der Waals surface area contributed by atoms with Gasteiger partial charge in [0.15, 0.2) is 0 Å². The van der Waals surface area contributed by atoms with Gasteiger partial charge in [0.05, 0.1) is 12.2 Å². The van der Waals surface area contributed by atoms with Crippen molar-refractivity contribution in [2.45, 2.75) is 52.5 Å². The first-order valence-corrected chi connectivity index (χ1v) is 12.7. The van der Waals surface area contributed by atoms with Gasteiger partial charge in [-0.2, -0.15) is 5.21 Å². The highest BCUT2D eigenvalue weighted by Gasteiger charge is 2.24. The Morgan fingerprint density at radius 1 is 1.03 bits per heavy atom. The lowest BCUT2D eigenvalue weighted by Crippen LogP contribution is -2.27. The van der Waals surface area contributed by atoms with Crippen LogP contribution in [0.5, 0.6) is 0 Å². The molecule has 194 valence electrons. The molecule has 0 aliphatic heterocycles. The van der Waals surface area contributed by atoms with E-state index in [1.807, 2.05) is 57.2 Å². The van der Waals surface area contributed by atoms with Gasteiger partial charge < -0.3 is 0 Å². The second-order valence-corrected chi connectivity index (χ2v) is 10.3. The van der Waals surface area contributed by atoms with Crippen molar-refractivity contribution < 1.29 is 4.39 Å². The van der Waals surface area contributed by atoms with Gasteiger partial charge in [0.1, 0.15) is 5.82 Å². The zero-order valence-corrected chi connectivity index (χ0v) is 21.9. The van der Waals surface area contributed by atoms with Crippen LogP contribution in [0.1, 0.15) is 50.9 Å². The van der Waals surface area contributed by atoms with Gasteiger partial charge in [-0.05, 0) is 51.4 Å². The summed E-state index contributed by atoms with van der Waals surface area (Å²) in [5, 5.41) is 14.3. The first kappa shape index (κ1) is 25.3. The van der Waals surface area contributed by atoms with Gasteiger partial charge in [-0.1, -0.05) is 70.5 Å². The summed E-state index contributed by atoms with van der Waals surface area (Å²) in [4.78, 5) is 17.9. The van der Waals surface area contributed by atoms with E-state index in [4.69, 9.17) is 0 Å². The Bertz CT molecular complexity index is 1610. The third-order valence-electron chi connectivity index (χ3n) is 6.62. The summed E-state index contributed by atoms with van der Waals surface area (Å²) in [5.74, 6) is 0.0656. The molecule has 9 heteroatoms. The lowest BCUT2D eigenvalue weighted by Gasteiger charge is -2.23. The number of rotatable bonds is 7. The number of imidazole rings is 1. The van der Waals surface area contributed by atoms with E-state index < -0.39 is 5.82 Å². The second-order valence-electron chi connectivity index (χ2n) is 10.3. The van der Waals surface area contributed by atoms with Gasteiger partial charge >= 0.3 is 5.69 Å². The molecule has 0 aliphatic carbocycles. The number of hydrogen-bond donors (Lipinski definition) is 1. The highest BCUT2D eigenvalue weighted by Crippen LogP contribution is 2.31. The Labute approximate surface area is 220 Å². The Hall–Kier alpha value is -4.40. The van der Waals surface area contributed by atoms with Crippen LogP contribution >= 0.6 is 0 Å². The number of nitrogens with zero attached hydrogens (tertiary/aromatic N) is 6. The van der Waals surface area contributed by atoms with Crippen molar-refractivity contribution in [3.63, 3.8) is 0 Å². The molecule has 5 rings (SSSR count). The molecule has 1 N–H and O–H groups in total. The van der Waals surface area contributed by atoms with Gasteiger partial charge in [-0.25, -0.2) is 9.18 Å². The van der Waals surface area contributed by atoms with Crippen LogP contribution < -0.4 is 5.69 Å². The minimum atomic E-state index is -0.404. The normalized spacial score (nSPS) is 11.7. The summed E-state index contributed by atoms with van der Waals surface area (Å²) < 4.78 is 18.4. The van der Waals surface area contributed by atoms with E-state index in [1.54, 1.807) is 29.2 Å². The monoisotopic (exact) mass is 511 g/mol. The van der Waals surface area contributed by atoms with Crippen LogP contribution in [-0.2, 0) is 18.4 Å². The van der Waals surface area contributed by atoms with Crippen LogP contribution in [0, 0.1) is 5.82 Å². The molecule has 0 bridgehead atoms. The van der Waals surface area contributed by atoms with Crippen LogP contribution in [0.3, 0.4) is 0 Å². The number of aromatic amines is 1. The number of para-hydroxylation sites is 1. The summed E-state index contributed by atoms with van der Waals surface area (Å²) >= 11 is 0. The summed E-state index contributed by atoms with van der Waals surface area (Å²) in [5.41, 5.74) is 5.04. The minimum absolute atomic E-state index is 0.248. The highest BCUT2D eigenvalue weighted by molar-refractivity contribution is 5.79. The Morgan fingerprint density at radius 3 is 2.50 bits per heavy atom. The van der Waals surface area contributed by atoms with Gasteiger partial charge in [-0.3, -0.25) is 14.1 Å². The third-order valence-corrected chi connectivity index (χ3v) is 6.62. The van der Waals surface area contributed by atoms with Crippen molar-refractivity contribution in [2.75, 3.05) is 0 Å². The van der Waals surface area contributed by atoms with Crippen LogP contribution in [-0.4, -0.2) is 34.7 Å². The number of halogens is 1. The number of nitrogens with one attached hydrogen (secondary N) is 1. The number of pyridine rings is 1. The SMILES string of the molecule is CCCc1cn(-c2c(F)cccc2C(C)(C)C)c(=O)n1Cc1ccc(-c2ccncc2-c2nn[nH]n2)cc1. The molecule has 2 aromatic carbocycles. The molecule has 0 saturated heterocycles. The third kappa shape index (κ3) is 4.79. The van der Waals surface area contributed by atoms with Crippen molar-refractivity contribution in [3.05, 3.63) is 100 Å². The standard InChI is InChI=1S/C29H30FN7O/c1-5-7-21-18-37(26-24(29(2,3)4)8-6-9-25(26)30)28(38)36(21)17-19-10-12-20(13-11-19)22-14-15-31-16-23(22)27-32-34-35-33-27/h6,8-16,18H,5,7,17H2,1-4H3,(H,32,33,34,35). The molecule has 38 heavy (non-hydrogen) atoms. The molecular weight excluding hydrogens is 481 g/mol. The molecule has 3 heterocycles. The van der Waals surface area contributed by atoms with E-state index in [2.05, 4.69) is 32.5 Å². The summed E-state index contributed by atoms with van der Waals surface area (Å²) in [6.45, 7) is 8.52. The van der Waals surface area contributed by atoms with E-state index >= 15 is 4.39 Å². The molecule has 0 spiro atoms. The molecule has 0 amide bonds. The Kier molecular flexibility index (Phi) is 6.75. The van der Waals surface area contributed by atoms with E-state index in [0.717, 1.165) is 39.9 Å². The highest BCUT2D eigenvalue weighted by atomic mass is 19.1. The predicted octanol–water partition coefficient (Wildman–Crippen LogP) is 5.32. The number of hydrogen-bond acceptors (Lipinski definition) is 5. The lowest BCUT2D eigenvalue weighted by atomic mass is 9.85. The lowest BCUT2D eigenvalue weighted by molar-refractivity contribution is 0.560. The molecule has 3 aromatic heterocycles. The molecule has 0 aliphatic rings. The fraction of sp³-hybridized carbons (Fsp3) is 0.276. The number of H-pyrrole nitrogens is 1. The maximum Gasteiger partial charge on any atom is 0.333 e. The average Bonchev–Trinajstić information content (AvgIpc) is 3.54. The topological polar surface area (TPSA) is 94.3 Å². The number of tetrazole rings is 1. The molecule has 0 saturated carbocycles. The molecule has 0 unspecified atom stereocenters. The van der Waals surface area contributed by atoms with E-state index in [9.17, 15) is 4.79 Å². The van der Waals surface area contributed by atoms with Crippen LogP contribution in [0.4, 0.5) is 4.39 Å². The maximum atomic E-state index is 15.2. The van der Waals surface area contributed by atoms with Crippen LogP contribution in [0.15, 0.2) is 71.9 Å². The van der Waals surface area contributed by atoms with Crippen molar-refractivity contribution in [1.29, 1.82) is 0 Å². The number of aryl methyl sites for hydroxylation is 1. The molecule has 8 nitrogen and oxygen atoms in total. The predicted molar refractivity (Wildman–Crippen MR) is 145 cm³/mol. The van der Waals surface area contributed by atoms with Crippen LogP contribution in [0.25, 0.3) is 28.2 Å². The van der Waals surface area contributed by atoms with Crippen molar-refractivity contribution in [3.8, 4) is 28.2 Å². The first-order chi connectivity index (χ1) is 18.3. The second kappa shape index (κ2) is 10.2. The maximum absolute atomic E-state index is 15.2. The quantitative estimate of drug-likeness (QED) is 0.319.